The normalized spacial score (nSPS) is 9.21. The Labute approximate surface area is 83.4 Å². The fourth-order valence-corrected chi connectivity index (χ4v) is 1.02. The van der Waals surface area contributed by atoms with Gasteiger partial charge in [0.15, 0.2) is 0 Å². The Morgan fingerprint density at radius 3 is 3.00 bits per heavy atom. The van der Waals surface area contributed by atoms with Gasteiger partial charge in [-0.05, 0) is 6.92 Å². The molecular formula is C9H13N5. The first-order valence-corrected chi connectivity index (χ1v) is 4.42. The van der Waals surface area contributed by atoms with Gasteiger partial charge in [-0.2, -0.15) is 5.26 Å². The lowest BCUT2D eigenvalue weighted by atomic mass is 10.4. The summed E-state index contributed by atoms with van der Waals surface area (Å²) < 4.78 is 0. The molecule has 0 unspecified atom stereocenters. The number of aromatic nitrogens is 2. The number of rotatable bonds is 4. The highest BCUT2D eigenvalue weighted by Crippen LogP contribution is 2.11. The van der Waals surface area contributed by atoms with Crippen LogP contribution in [0.1, 0.15) is 6.92 Å². The van der Waals surface area contributed by atoms with Gasteiger partial charge in [0.2, 0.25) is 0 Å². The molecule has 0 saturated heterocycles. The largest absolute Gasteiger partial charge is 0.370 e. The quantitative estimate of drug-likeness (QED) is 0.715. The molecule has 0 radical (unpaired) electrons. The van der Waals surface area contributed by atoms with Crippen LogP contribution in [0.25, 0.3) is 0 Å². The van der Waals surface area contributed by atoms with Crippen LogP contribution in [0.4, 0.5) is 11.6 Å². The molecule has 5 nitrogen and oxygen atoms in total. The SMILES string of the molecule is CCNc1cc(N(C)CC#N)ncn1. The van der Waals surface area contributed by atoms with Gasteiger partial charge in [-0.25, -0.2) is 9.97 Å². The second kappa shape index (κ2) is 5.02. The van der Waals surface area contributed by atoms with E-state index >= 15 is 0 Å². The highest BCUT2D eigenvalue weighted by Gasteiger charge is 2.02. The van der Waals surface area contributed by atoms with Crippen molar-refractivity contribution in [3.63, 3.8) is 0 Å². The summed E-state index contributed by atoms with van der Waals surface area (Å²) in [7, 11) is 1.82. The third kappa shape index (κ3) is 2.59. The Balaban J connectivity index is 2.78. The van der Waals surface area contributed by atoms with Crippen LogP contribution < -0.4 is 10.2 Å². The molecule has 0 bridgehead atoms. The molecule has 0 aliphatic carbocycles. The molecule has 1 aromatic heterocycles. The van der Waals surface area contributed by atoms with Gasteiger partial charge in [0.1, 0.15) is 24.5 Å². The minimum atomic E-state index is 0.322. The van der Waals surface area contributed by atoms with Crippen molar-refractivity contribution in [2.75, 3.05) is 30.4 Å². The molecule has 0 aromatic carbocycles. The van der Waals surface area contributed by atoms with E-state index in [0.29, 0.717) is 6.54 Å². The molecule has 0 fully saturated rings. The zero-order valence-electron chi connectivity index (χ0n) is 8.36. The highest BCUT2D eigenvalue weighted by molar-refractivity contribution is 5.48. The monoisotopic (exact) mass is 191 g/mol. The van der Waals surface area contributed by atoms with Crippen LogP contribution in [0, 0.1) is 11.3 Å². The fraction of sp³-hybridized carbons (Fsp3) is 0.444. The lowest BCUT2D eigenvalue weighted by molar-refractivity contribution is 0.977. The van der Waals surface area contributed by atoms with Crippen LogP contribution in [-0.4, -0.2) is 30.1 Å². The van der Waals surface area contributed by atoms with Crippen LogP contribution in [0.5, 0.6) is 0 Å². The number of nitrogens with zero attached hydrogens (tertiary/aromatic N) is 4. The van der Waals surface area contributed by atoms with Gasteiger partial charge in [-0.3, -0.25) is 0 Å². The van der Waals surface area contributed by atoms with Crippen molar-refractivity contribution in [2.45, 2.75) is 6.92 Å². The van der Waals surface area contributed by atoms with E-state index in [-0.39, 0.29) is 0 Å². The Hall–Kier alpha value is -1.83. The molecular weight excluding hydrogens is 178 g/mol. The van der Waals surface area contributed by atoms with Crippen LogP contribution in [0.3, 0.4) is 0 Å². The van der Waals surface area contributed by atoms with Crippen LogP contribution in [0.2, 0.25) is 0 Å². The molecule has 5 heteroatoms. The number of hydrogen-bond acceptors (Lipinski definition) is 5. The standard InChI is InChI=1S/C9H13N5/c1-3-11-8-6-9(13-7-12-8)14(2)5-4-10/h6-7H,3,5H2,1-2H3,(H,11,12,13). The Morgan fingerprint density at radius 2 is 2.36 bits per heavy atom. The fourth-order valence-electron chi connectivity index (χ4n) is 1.02. The summed E-state index contributed by atoms with van der Waals surface area (Å²) in [5, 5.41) is 11.6. The number of nitriles is 1. The first-order valence-electron chi connectivity index (χ1n) is 4.42. The van der Waals surface area contributed by atoms with Crippen molar-refractivity contribution in [1.82, 2.24) is 9.97 Å². The maximum Gasteiger partial charge on any atom is 0.134 e. The summed E-state index contributed by atoms with van der Waals surface area (Å²) in [4.78, 5) is 9.87. The zero-order valence-corrected chi connectivity index (χ0v) is 8.36. The van der Waals surface area contributed by atoms with Gasteiger partial charge in [-0.15, -0.1) is 0 Å². The van der Waals surface area contributed by atoms with Gasteiger partial charge < -0.3 is 10.2 Å². The predicted octanol–water partition coefficient (Wildman–Crippen LogP) is 0.868. The van der Waals surface area contributed by atoms with Crippen molar-refractivity contribution in [2.24, 2.45) is 0 Å². The molecule has 0 aliphatic rings. The van der Waals surface area contributed by atoms with E-state index in [1.165, 1.54) is 6.33 Å². The smallest absolute Gasteiger partial charge is 0.134 e. The number of anilines is 2. The number of nitrogens with one attached hydrogen (secondary N) is 1. The zero-order chi connectivity index (χ0) is 10.4. The second-order valence-corrected chi connectivity index (χ2v) is 2.81. The molecule has 74 valence electrons. The van der Waals surface area contributed by atoms with E-state index in [9.17, 15) is 0 Å². The van der Waals surface area contributed by atoms with Gasteiger partial charge in [0.25, 0.3) is 0 Å². The van der Waals surface area contributed by atoms with Crippen molar-refractivity contribution >= 4 is 11.6 Å². The van der Waals surface area contributed by atoms with E-state index in [0.717, 1.165) is 18.2 Å². The number of hydrogen-bond donors (Lipinski definition) is 1. The van der Waals surface area contributed by atoms with E-state index in [1.807, 2.05) is 20.0 Å². The molecule has 0 amide bonds. The maximum atomic E-state index is 8.52. The second-order valence-electron chi connectivity index (χ2n) is 2.81. The summed E-state index contributed by atoms with van der Waals surface area (Å²) in [6.07, 6.45) is 1.49. The Bertz CT molecular complexity index is 330. The molecule has 14 heavy (non-hydrogen) atoms. The maximum absolute atomic E-state index is 8.52. The minimum Gasteiger partial charge on any atom is -0.370 e. The Kier molecular flexibility index (Phi) is 3.68. The van der Waals surface area contributed by atoms with Gasteiger partial charge in [0, 0.05) is 19.7 Å². The van der Waals surface area contributed by atoms with Crippen LogP contribution >= 0.6 is 0 Å². The molecule has 1 heterocycles. The predicted molar refractivity (Wildman–Crippen MR) is 55.1 cm³/mol. The van der Waals surface area contributed by atoms with Gasteiger partial charge in [0.05, 0.1) is 6.07 Å². The molecule has 0 spiro atoms. The van der Waals surface area contributed by atoms with Gasteiger partial charge in [-0.1, -0.05) is 0 Å². The summed E-state index contributed by atoms with van der Waals surface area (Å²) in [6.45, 7) is 3.14. The average molecular weight is 191 g/mol. The van der Waals surface area contributed by atoms with Crippen molar-refractivity contribution in [1.29, 1.82) is 5.26 Å². The molecule has 1 N–H and O–H groups in total. The topological polar surface area (TPSA) is 64.8 Å². The van der Waals surface area contributed by atoms with E-state index < -0.39 is 0 Å². The van der Waals surface area contributed by atoms with Crippen LogP contribution in [0.15, 0.2) is 12.4 Å². The summed E-state index contributed by atoms with van der Waals surface area (Å²) >= 11 is 0. The van der Waals surface area contributed by atoms with E-state index in [1.54, 1.807) is 4.90 Å². The van der Waals surface area contributed by atoms with E-state index in [4.69, 9.17) is 5.26 Å². The third-order valence-corrected chi connectivity index (χ3v) is 1.71. The first-order chi connectivity index (χ1) is 6.77. The molecule has 0 atom stereocenters. The van der Waals surface area contributed by atoms with Gasteiger partial charge >= 0.3 is 0 Å². The van der Waals surface area contributed by atoms with Crippen molar-refractivity contribution in [3.8, 4) is 6.07 Å². The lowest BCUT2D eigenvalue weighted by Gasteiger charge is -2.14. The molecule has 1 rings (SSSR count). The highest BCUT2D eigenvalue weighted by atomic mass is 15.2. The van der Waals surface area contributed by atoms with Crippen molar-refractivity contribution in [3.05, 3.63) is 12.4 Å². The molecule has 0 saturated carbocycles. The average Bonchev–Trinajstić information content (AvgIpc) is 2.19. The molecule has 1 aromatic rings. The summed E-state index contributed by atoms with van der Waals surface area (Å²) in [6, 6.07) is 3.88. The Morgan fingerprint density at radius 1 is 1.57 bits per heavy atom. The van der Waals surface area contributed by atoms with Crippen molar-refractivity contribution < 1.29 is 0 Å². The minimum absolute atomic E-state index is 0.322. The van der Waals surface area contributed by atoms with Crippen LogP contribution in [-0.2, 0) is 0 Å². The first kappa shape index (κ1) is 10.3. The lowest BCUT2D eigenvalue weighted by Crippen LogP contribution is -2.18. The molecule has 0 aliphatic heterocycles. The van der Waals surface area contributed by atoms with E-state index in [2.05, 4.69) is 21.4 Å². The summed E-state index contributed by atoms with van der Waals surface area (Å²) in [5.41, 5.74) is 0. The summed E-state index contributed by atoms with van der Waals surface area (Å²) in [5.74, 6) is 1.53. The third-order valence-electron chi connectivity index (χ3n) is 1.71.